The summed E-state index contributed by atoms with van der Waals surface area (Å²) in [6.45, 7) is 4.63. The summed E-state index contributed by atoms with van der Waals surface area (Å²) in [5.41, 5.74) is 2.91. The van der Waals surface area contributed by atoms with Crippen molar-refractivity contribution in [2.75, 3.05) is 18.0 Å². The van der Waals surface area contributed by atoms with Gasteiger partial charge in [0.1, 0.15) is 6.54 Å². The highest BCUT2D eigenvalue weighted by atomic mass is 16.2. The quantitative estimate of drug-likeness (QED) is 0.870. The maximum atomic E-state index is 12.5. The zero-order valence-corrected chi connectivity index (χ0v) is 14.0. The largest absolute Gasteiger partial charge is 0.329 e. The van der Waals surface area contributed by atoms with E-state index in [0.29, 0.717) is 6.54 Å². The van der Waals surface area contributed by atoms with Gasteiger partial charge in [-0.15, -0.1) is 0 Å². The number of piperazine rings is 1. The van der Waals surface area contributed by atoms with E-state index in [-0.39, 0.29) is 30.8 Å². The molecule has 24 heavy (non-hydrogen) atoms. The number of benzene rings is 1. The van der Waals surface area contributed by atoms with Gasteiger partial charge in [0.05, 0.1) is 6.42 Å². The number of hydrogen-bond donors (Lipinski definition) is 0. The fourth-order valence-corrected chi connectivity index (χ4v) is 2.94. The van der Waals surface area contributed by atoms with E-state index in [0.717, 1.165) is 16.8 Å². The third kappa shape index (κ3) is 3.45. The Hall–Kier alpha value is -2.69. The number of carbonyl (C=O) groups is 2. The van der Waals surface area contributed by atoms with Crippen molar-refractivity contribution in [3.8, 4) is 0 Å². The van der Waals surface area contributed by atoms with Gasteiger partial charge in [-0.05, 0) is 37.6 Å². The van der Waals surface area contributed by atoms with E-state index in [2.05, 4.69) is 4.98 Å². The van der Waals surface area contributed by atoms with Gasteiger partial charge in [-0.2, -0.15) is 0 Å². The Kier molecular flexibility index (Phi) is 4.60. The third-order valence-corrected chi connectivity index (χ3v) is 4.33. The molecule has 1 aliphatic heterocycles. The molecule has 3 rings (SSSR count). The lowest BCUT2D eigenvalue weighted by atomic mass is 10.1. The molecule has 1 saturated heterocycles. The first kappa shape index (κ1) is 16.2. The van der Waals surface area contributed by atoms with E-state index in [1.165, 1.54) is 0 Å². The van der Waals surface area contributed by atoms with Crippen molar-refractivity contribution in [2.45, 2.75) is 26.3 Å². The van der Waals surface area contributed by atoms with Gasteiger partial charge in [0.2, 0.25) is 11.8 Å². The van der Waals surface area contributed by atoms with E-state index in [4.69, 9.17) is 0 Å². The number of anilines is 1. The second-order valence-electron chi connectivity index (χ2n) is 6.25. The van der Waals surface area contributed by atoms with Gasteiger partial charge in [-0.3, -0.25) is 14.6 Å². The molecule has 5 nitrogen and oxygen atoms in total. The topological polar surface area (TPSA) is 53.5 Å². The molecular weight excluding hydrogens is 302 g/mol. The molecule has 1 atom stereocenters. The first-order chi connectivity index (χ1) is 11.5. The summed E-state index contributed by atoms with van der Waals surface area (Å²) < 4.78 is 0. The van der Waals surface area contributed by atoms with Gasteiger partial charge < -0.3 is 9.80 Å². The summed E-state index contributed by atoms with van der Waals surface area (Å²) in [5.74, 6) is -0.0797. The molecule has 124 valence electrons. The fraction of sp³-hybridized carbons (Fsp3) is 0.316. The molecule has 2 aromatic rings. The summed E-state index contributed by atoms with van der Waals surface area (Å²) in [6.07, 6.45) is 3.64. The monoisotopic (exact) mass is 323 g/mol. The van der Waals surface area contributed by atoms with Crippen molar-refractivity contribution >= 4 is 17.5 Å². The normalized spacial score (nSPS) is 17.9. The van der Waals surface area contributed by atoms with Gasteiger partial charge in [0, 0.05) is 30.7 Å². The van der Waals surface area contributed by atoms with Gasteiger partial charge >= 0.3 is 0 Å². The highest BCUT2D eigenvalue weighted by Crippen LogP contribution is 2.21. The third-order valence-electron chi connectivity index (χ3n) is 4.33. The number of rotatable bonds is 3. The van der Waals surface area contributed by atoms with Gasteiger partial charge in [0.25, 0.3) is 0 Å². The Morgan fingerprint density at radius 2 is 2.00 bits per heavy atom. The van der Waals surface area contributed by atoms with Crippen LogP contribution in [0.3, 0.4) is 0 Å². The van der Waals surface area contributed by atoms with Crippen molar-refractivity contribution in [1.82, 2.24) is 9.88 Å². The average Bonchev–Trinajstić information content (AvgIpc) is 2.58. The highest BCUT2D eigenvalue weighted by molar-refractivity contribution is 5.98. The molecule has 0 radical (unpaired) electrons. The van der Waals surface area contributed by atoms with Crippen LogP contribution in [0.4, 0.5) is 5.69 Å². The lowest BCUT2D eigenvalue weighted by Gasteiger charge is -2.39. The van der Waals surface area contributed by atoms with Crippen molar-refractivity contribution in [3.05, 3.63) is 59.9 Å². The van der Waals surface area contributed by atoms with Crippen LogP contribution in [0.5, 0.6) is 0 Å². The predicted octanol–water partition coefficient (Wildman–Crippen LogP) is 2.20. The molecule has 0 unspecified atom stereocenters. The van der Waals surface area contributed by atoms with E-state index in [1.54, 1.807) is 22.2 Å². The summed E-state index contributed by atoms with van der Waals surface area (Å²) in [6, 6.07) is 11.6. The van der Waals surface area contributed by atoms with E-state index < -0.39 is 0 Å². The summed E-state index contributed by atoms with van der Waals surface area (Å²) in [7, 11) is 0. The number of hydrogen-bond acceptors (Lipinski definition) is 3. The minimum absolute atomic E-state index is 0.0202. The molecule has 2 heterocycles. The van der Waals surface area contributed by atoms with Crippen molar-refractivity contribution in [2.24, 2.45) is 0 Å². The van der Waals surface area contributed by atoms with Gasteiger partial charge in [-0.25, -0.2) is 0 Å². The summed E-state index contributed by atoms with van der Waals surface area (Å²) in [4.78, 5) is 32.5. The molecule has 5 heteroatoms. The smallest absolute Gasteiger partial charge is 0.246 e. The molecule has 1 aromatic carbocycles. The molecule has 1 aliphatic rings. The maximum absolute atomic E-state index is 12.5. The predicted molar refractivity (Wildman–Crippen MR) is 92.6 cm³/mol. The standard InChI is InChI=1S/C19H21N3O2/c1-14-5-7-17(8-6-14)22-12-15(2)21(13-19(22)24)18(23)10-16-4-3-9-20-11-16/h3-9,11,15H,10,12-13H2,1-2H3/t15-/m0/s1. The van der Waals surface area contributed by atoms with Crippen molar-refractivity contribution in [3.63, 3.8) is 0 Å². The fourth-order valence-electron chi connectivity index (χ4n) is 2.94. The molecule has 2 amide bonds. The Morgan fingerprint density at radius 3 is 2.67 bits per heavy atom. The van der Waals surface area contributed by atoms with Crippen LogP contribution in [-0.2, 0) is 16.0 Å². The highest BCUT2D eigenvalue weighted by Gasteiger charge is 2.33. The van der Waals surface area contributed by atoms with Crippen LogP contribution >= 0.6 is 0 Å². The van der Waals surface area contributed by atoms with Crippen LogP contribution in [0, 0.1) is 6.92 Å². The minimum Gasteiger partial charge on any atom is -0.329 e. The molecule has 0 bridgehead atoms. The Labute approximate surface area is 141 Å². The molecule has 1 aromatic heterocycles. The first-order valence-electron chi connectivity index (χ1n) is 8.10. The maximum Gasteiger partial charge on any atom is 0.246 e. The number of pyridine rings is 1. The molecule has 0 spiro atoms. The Morgan fingerprint density at radius 1 is 1.25 bits per heavy atom. The lowest BCUT2D eigenvalue weighted by molar-refractivity contribution is -0.138. The minimum atomic E-state index is -0.0449. The second kappa shape index (κ2) is 6.83. The van der Waals surface area contributed by atoms with Gasteiger partial charge in [-0.1, -0.05) is 23.8 Å². The molecule has 0 saturated carbocycles. The van der Waals surface area contributed by atoms with Crippen LogP contribution in [0.2, 0.25) is 0 Å². The van der Waals surface area contributed by atoms with E-state index >= 15 is 0 Å². The van der Waals surface area contributed by atoms with E-state index in [9.17, 15) is 9.59 Å². The SMILES string of the molecule is Cc1ccc(N2C[C@H](C)N(C(=O)Cc3cccnc3)CC2=O)cc1. The van der Waals surface area contributed by atoms with Gasteiger partial charge in [0.15, 0.2) is 0 Å². The molecule has 0 aliphatic carbocycles. The van der Waals surface area contributed by atoms with E-state index in [1.807, 2.05) is 50.2 Å². The lowest BCUT2D eigenvalue weighted by Crippen LogP contribution is -2.57. The van der Waals surface area contributed by atoms with Crippen LogP contribution in [0.25, 0.3) is 0 Å². The van der Waals surface area contributed by atoms with Crippen molar-refractivity contribution < 1.29 is 9.59 Å². The number of carbonyl (C=O) groups excluding carboxylic acids is 2. The first-order valence-corrected chi connectivity index (χ1v) is 8.10. The number of nitrogens with zero attached hydrogens (tertiary/aromatic N) is 3. The van der Waals surface area contributed by atoms with Crippen LogP contribution < -0.4 is 4.90 Å². The summed E-state index contributed by atoms with van der Waals surface area (Å²) >= 11 is 0. The van der Waals surface area contributed by atoms with Crippen LogP contribution in [0.1, 0.15) is 18.1 Å². The molecule has 1 fully saturated rings. The molecule has 0 N–H and O–H groups in total. The van der Waals surface area contributed by atoms with Crippen LogP contribution in [-0.4, -0.2) is 40.8 Å². The number of aromatic nitrogens is 1. The molecular formula is C19H21N3O2. The Balaban J connectivity index is 1.70. The average molecular weight is 323 g/mol. The number of aryl methyl sites for hydroxylation is 1. The zero-order chi connectivity index (χ0) is 17.1. The number of amides is 2. The second-order valence-corrected chi connectivity index (χ2v) is 6.25. The van der Waals surface area contributed by atoms with Crippen molar-refractivity contribution in [1.29, 1.82) is 0 Å². The van der Waals surface area contributed by atoms with Crippen LogP contribution in [0.15, 0.2) is 48.8 Å². The summed E-state index contributed by atoms with van der Waals surface area (Å²) in [5, 5.41) is 0. The Bertz CT molecular complexity index is 728. The zero-order valence-electron chi connectivity index (χ0n) is 14.0.